The van der Waals surface area contributed by atoms with Gasteiger partial charge >= 0.3 is 0 Å². The van der Waals surface area contributed by atoms with Gasteiger partial charge in [-0.15, -0.1) is 0 Å². The van der Waals surface area contributed by atoms with Crippen LogP contribution in [0.2, 0.25) is 0 Å². The van der Waals surface area contributed by atoms with Crippen LogP contribution in [0.3, 0.4) is 0 Å². The van der Waals surface area contributed by atoms with Gasteiger partial charge in [0.1, 0.15) is 0 Å². The lowest BCUT2D eigenvalue weighted by Gasteiger charge is -2.22. The van der Waals surface area contributed by atoms with E-state index >= 15 is 0 Å². The fourth-order valence-corrected chi connectivity index (χ4v) is 3.30. The summed E-state index contributed by atoms with van der Waals surface area (Å²) in [5.74, 6) is 0.0326. The predicted molar refractivity (Wildman–Crippen MR) is 111 cm³/mol. The maximum atomic E-state index is 12.3. The van der Waals surface area contributed by atoms with Crippen molar-refractivity contribution in [2.75, 3.05) is 0 Å². The molecule has 0 bridgehead atoms. The van der Waals surface area contributed by atoms with Crippen LogP contribution in [0.1, 0.15) is 48.3 Å². The highest BCUT2D eigenvalue weighted by atomic mass is 16.3. The number of aliphatic hydroxyl groups excluding tert-OH is 1. The standard InChI is InChI=1S/C15H19N5O.C7H8O/c1-20-10-16-9-13(20)12-7-8-17-14(19-12)15(21)18-11-5-3-2-4-6-11;8-6-7-4-2-1-3-5-7/h7-11H,2-6H2,1H3,(H,18,21);1-5,8H,6H2. The Balaban J connectivity index is 0.000000252. The number of aryl methyl sites for hydroxylation is 1. The van der Waals surface area contributed by atoms with Gasteiger partial charge in [-0.1, -0.05) is 49.6 Å². The van der Waals surface area contributed by atoms with Gasteiger partial charge in [0.2, 0.25) is 5.82 Å². The van der Waals surface area contributed by atoms with Crippen LogP contribution < -0.4 is 5.32 Å². The first-order valence-corrected chi connectivity index (χ1v) is 9.92. The molecular weight excluding hydrogens is 366 g/mol. The molecule has 4 rings (SSSR count). The number of nitrogens with zero attached hydrogens (tertiary/aromatic N) is 4. The minimum Gasteiger partial charge on any atom is -0.392 e. The number of aromatic nitrogens is 4. The van der Waals surface area contributed by atoms with Gasteiger partial charge in [-0.05, 0) is 24.5 Å². The van der Waals surface area contributed by atoms with Crippen LogP contribution in [-0.4, -0.2) is 36.6 Å². The van der Waals surface area contributed by atoms with Gasteiger partial charge in [0.05, 0.1) is 30.5 Å². The molecule has 0 radical (unpaired) electrons. The third kappa shape index (κ3) is 5.96. The van der Waals surface area contributed by atoms with E-state index in [9.17, 15) is 4.79 Å². The molecule has 1 aliphatic carbocycles. The Morgan fingerprint density at radius 2 is 1.93 bits per heavy atom. The summed E-state index contributed by atoms with van der Waals surface area (Å²) in [6.07, 6.45) is 10.8. The van der Waals surface area contributed by atoms with Crippen molar-refractivity contribution in [2.24, 2.45) is 7.05 Å². The highest BCUT2D eigenvalue weighted by molar-refractivity contribution is 5.91. The van der Waals surface area contributed by atoms with Crippen LogP contribution in [0.5, 0.6) is 0 Å². The Morgan fingerprint density at radius 1 is 1.17 bits per heavy atom. The fourth-order valence-electron chi connectivity index (χ4n) is 3.30. The molecule has 0 saturated heterocycles. The Bertz CT molecular complexity index is 904. The van der Waals surface area contributed by atoms with Gasteiger partial charge in [0, 0.05) is 19.3 Å². The highest BCUT2D eigenvalue weighted by Crippen LogP contribution is 2.18. The quantitative estimate of drug-likeness (QED) is 0.710. The lowest BCUT2D eigenvalue weighted by atomic mass is 9.95. The van der Waals surface area contributed by atoms with E-state index in [0.29, 0.717) is 5.69 Å². The summed E-state index contributed by atoms with van der Waals surface area (Å²) in [5.41, 5.74) is 2.54. The number of imidazole rings is 1. The van der Waals surface area contributed by atoms with Crippen LogP contribution in [0, 0.1) is 0 Å². The van der Waals surface area contributed by atoms with E-state index in [4.69, 9.17) is 5.11 Å². The Morgan fingerprint density at radius 3 is 2.55 bits per heavy atom. The zero-order valence-corrected chi connectivity index (χ0v) is 16.7. The van der Waals surface area contributed by atoms with E-state index in [-0.39, 0.29) is 24.4 Å². The van der Waals surface area contributed by atoms with Crippen molar-refractivity contribution in [3.05, 3.63) is 66.5 Å². The monoisotopic (exact) mass is 393 g/mol. The number of carbonyl (C=O) groups excluding carboxylic acids is 1. The van der Waals surface area contributed by atoms with Crippen molar-refractivity contribution in [3.63, 3.8) is 0 Å². The molecule has 7 heteroatoms. The third-order valence-corrected chi connectivity index (χ3v) is 4.90. The third-order valence-electron chi connectivity index (χ3n) is 4.90. The van der Waals surface area contributed by atoms with Gasteiger partial charge in [-0.3, -0.25) is 4.79 Å². The number of rotatable bonds is 4. The molecule has 1 saturated carbocycles. The summed E-state index contributed by atoms with van der Waals surface area (Å²) in [7, 11) is 1.90. The normalized spacial score (nSPS) is 14.0. The summed E-state index contributed by atoms with van der Waals surface area (Å²) in [6, 6.07) is 11.6. The highest BCUT2D eigenvalue weighted by Gasteiger charge is 2.18. The van der Waals surface area contributed by atoms with Gasteiger partial charge in [0.25, 0.3) is 5.91 Å². The van der Waals surface area contributed by atoms with Crippen molar-refractivity contribution >= 4 is 5.91 Å². The number of aliphatic hydroxyl groups is 1. The molecule has 0 unspecified atom stereocenters. The molecule has 1 aliphatic rings. The van der Waals surface area contributed by atoms with Crippen molar-refractivity contribution < 1.29 is 9.90 Å². The van der Waals surface area contributed by atoms with Gasteiger partial charge < -0.3 is 15.0 Å². The van der Waals surface area contributed by atoms with E-state index in [1.807, 2.05) is 41.9 Å². The van der Waals surface area contributed by atoms with Crippen LogP contribution >= 0.6 is 0 Å². The van der Waals surface area contributed by atoms with E-state index in [0.717, 1.165) is 24.1 Å². The zero-order valence-electron chi connectivity index (χ0n) is 16.7. The number of benzene rings is 1. The van der Waals surface area contributed by atoms with Gasteiger partial charge in [-0.25, -0.2) is 15.0 Å². The van der Waals surface area contributed by atoms with E-state index < -0.39 is 0 Å². The molecule has 2 N–H and O–H groups in total. The Hall–Kier alpha value is -3.06. The molecule has 0 spiro atoms. The molecule has 152 valence electrons. The van der Waals surface area contributed by atoms with Crippen molar-refractivity contribution in [2.45, 2.75) is 44.8 Å². The van der Waals surface area contributed by atoms with Crippen LogP contribution in [-0.2, 0) is 13.7 Å². The molecule has 2 aromatic heterocycles. The summed E-state index contributed by atoms with van der Waals surface area (Å²) in [6.45, 7) is 0.140. The smallest absolute Gasteiger partial charge is 0.289 e. The molecular formula is C22H27N5O2. The average molecular weight is 393 g/mol. The Kier molecular flexibility index (Phi) is 7.47. The predicted octanol–water partition coefficient (Wildman–Crippen LogP) is 3.12. The average Bonchev–Trinajstić information content (AvgIpc) is 3.21. The minimum atomic E-state index is -0.189. The van der Waals surface area contributed by atoms with Crippen LogP contribution in [0.4, 0.5) is 0 Å². The van der Waals surface area contributed by atoms with Crippen LogP contribution in [0.25, 0.3) is 11.4 Å². The van der Waals surface area contributed by atoms with Gasteiger partial charge in [0.15, 0.2) is 0 Å². The number of hydrogen-bond acceptors (Lipinski definition) is 5. The van der Waals surface area contributed by atoms with Crippen molar-refractivity contribution in [1.29, 1.82) is 0 Å². The molecule has 1 aromatic carbocycles. The summed E-state index contributed by atoms with van der Waals surface area (Å²) < 4.78 is 1.87. The molecule has 7 nitrogen and oxygen atoms in total. The molecule has 1 amide bonds. The number of amides is 1. The van der Waals surface area contributed by atoms with Crippen molar-refractivity contribution in [3.8, 4) is 11.4 Å². The second kappa shape index (κ2) is 10.5. The Labute approximate surface area is 170 Å². The maximum Gasteiger partial charge on any atom is 0.289 e. The van der Waals surface area contributed by atoms with Gasteiger partial charge in [-0.2, -0.15) is 0 Å². The lowest BCUT2D eigenvalue weighted by molar-refractivity contribution is 0.0917. The fraction of sp³-hybridized carbons (Fsp3) is 0.364. The first-order valence-electron chi connectivity index (χ1n) is 9.92. The van der Waals surface area contributed by atoms with Crippen LogP contribution in [0.15, 0.2) is 55.1 Å². The summed E-state index contributed by atoms with van der Waals surface area (Å²) >= 11 is 0. The van der Waals surface area contributed by atoms with E-state index in [1.54, 1.807) is 24.8 Å². The molecule has 1 fully saturated rings. The largest absolute Gasteiger partial charge is 0.392 e. The van der Waals surface area contributed by atoms with E-state index in [2.05, 4.69) is 20.3 Å². The number of carbonyl (C=O) groups is 1. The first-order chi connectivity index (χ1) is 14.2. The number of nitrogens with one attached hydrogen (secondary N) is 1. The van der Waals surface area contributed by atoms with E-state index in [1.165, 1.54) is 19.3 Å². The van der Waals surface area contributed by atoms with Crippen molar-refractivity contribution in [1.82, 2.24) is 24.8 Å². The zero-order chi connectivity index (χ0) is 20.5. The molecule has 0 atom stereocenters. The topological polar surface area (TPSA) is 92.9 Å². The lowest BCUT2D eigenvalue weighted by Crippen LogP contribution is -2.37. The second-order valence-electron chi connectivity index (χ2n) is 7.11. The molecule has 29 heavy (non-hydrogen) atoms. The number of hydrogen-bond donors (Lipinski definition) is 2. The summed E-state index contributed by atoms with van der Waals surface area (Å²) in [5, 5.41) is 11.6. The molecule has 0 aliphatic heterocycles. The minimum absolute atomic E-state index is 0.140. The maximum absolute atomic E-state index is 12.3. The molecule has 3 aromatic rings. The second-order valence-corrected chi connectivity index (χ2v) is 7.11. The SMILES string of the molecule is Cn1cncc1-c1ccnc(C(=O)NC2CCCCC2)n1.OCc1ccccc1. The first kappa shape index (κ1) is 20.7. The molecule has 2 heterocycles. The summed E-state index contributed by atoms with van der Waals surface area (Å²) in [4.78, 5) is 24.8.